The van der Waals surface area contributed by atoms with E-state index in [9.17, 15) is 4.79 Å². The number of methoxy groups -OCH3 is 1. The van der Waals surface area contributed by atoms with Crippen LogP contribution in [0, 0.1) is 6.92 Å². The lowest BCUT2D eigenvalue weighted by Gasteiger charge is -2.30. The fraction of sp³-hybridized carbons (Fsp3) is 0.200. The summed E-state index contributed by atoms with van der Waals surface area (Å²) in [6.45, 7) is 1.87. The molecule has 0 aliphatic carbocycles. The summed E-state index contributed by atoms with van der Waals surface area (Å²) in [5, 5.41) is 7.38. The van der Waals surface area contributed by atoms with Gasteiger partial charge in [-0.2, -0.15) is 9.97 Å². The Morgan fingerprint density at radius 1 is 1.38 bits per heavy atom. The first kappa shape index (κ1) is 14.7. The van der Waals surface area contributed by atoms with Crippen molar-refractivity contribution >= 4 is 45.8 Å². The molecule has 0 atom stereocenters. The molecule has 0 radical (unpaired) electrons. The molecular formula is C15H12ClN5O3. The number of nitrogens with one attached hydrogen (secondary N) is 1. The van der Waals surface area contributed by atoms with Crippen molar-refractivity contribution in [3.8, 4) is 5.75 Å². The molecule has 0 spiro atoms. The van der Waals surface area contributed by atoms with Crippen LogP contribution in [0.2, 0.25) is 5.28 Å². The second-order valence-corrected chi connectivity index (χ2v) is 5.62. The summed E-state index contributed by atoms with van der Waals surface area (Å²) >= 11 is 6.01. The van der Waals surface area contributed by atoms with Crippen molar-refractivity contribution in [3.63, 3.8) is 0 Å². The highest BCUT2D eigenvalue weighted by Crippen LogP contribution is 2.39. The highest BCUT2D eigenvalue weighted by molar-refractivity contribution is 6.28. The molecule has 24 heavy (non-hydrogen) atoms. The predicted molar refractivity (Wildman–Crippen MR) is 88.0 cm³/mol. The van der Waals surface area contributed by atoms with E-state index in [2.05, 4.69) is 20.4 Å². The third-order valence-electron chi connectivity index (χ3n) is 3.79. The maximum atomic E-state index is 12.1. The summed E-state index contributed by atoms with van der Waals surface area (Å²) in [6, 6.07) is 5.40. The maximum absolute atomic E-state index is 12.1. The molecule has 8 nitrogen and oxygen atoms in total. The first-order chi connectivity index (χ1) is 11.6. The first-order valence-electron chi connectivity index (χ1n) is 7.12. The molecule has 0 saturated carbocycles. The summed E-state index contributed by atoms with van der Waals surface area (Å²) in [5.74, 6) is 0.945. The van der Waals surface area contributed by atoms with Crippen LogP contribution in [0.5, 0.6) is 5.75 Å². The Kier molecular flexibility index (Phi) is 3.27. The largest absolute Gasteiger partial charge is 0.497 e. The summed E-state index contributed by atoms with van der Waals surface area (Å²) < 4.78 is 10.4. The molecule has 0 bridgehead atoms. The van der Waals surface area contributed by atoms with Gasteiger partial charge in [0.25, 0.3) is 5.71 Å². The number of ether oxygens (including phenoxy) is 1. The Hall–Kier alpha value is -2.87. The molecule has 3 heterocycles. The van der Waals surface area contributed by atoms with E-state index in [-0.39, 0.29) is 23.4 Å². The third kappa shape index (κ3) is 2.23. The van der Waals surface area contributed by atoms with E-state index in [1.165, 1.54) is 0 Å². The number of amides is 1. The number of carbonyl (C=O) groups excluding carboxylic acids is 1. The van der Waals surface area contributed by atoms with E-state index in [1.54, 1.807) is 25.0 Å². The van der Waals surface area contributed by atoms with Crippen molar-refractivity contribution < 1.29 is 14.1 Å². The lowest BCUT2D eigenvalue weighted by molar-refractivity contribution is -0.115. The van der Waals surface area contributed by atoms with Crippen LogP contribution in [0.1, 0.15) is 5.69 Å². The molecule has 1 aromatic carbocycles. The number of rotatable bonds is 2. The van der Waals surface area contributed by atoms with Crippen LogP contribution in [0.15, 0.2) is 22.7 Å². The van der Waals surface area contributed by atoms with Gasteiger partial charge in [0.1, 0.15) is 17.7 Å². The second-order valence-electron chi connectivity index (χ2n) is 5.28. The molecule has 4 rings (SSSR count). The van der Waals surface area contributed by atoms with Crippen molar-refractivity contribution in [2.75, 3.05) is 23.9 Å². The average molecular weight is 346 g/mol. The molecule has 0 unspecified atom stereocenters. The van der Waals surface area contributed by atoms with Gasteiger partial charge in [-0.1, -0.05) is 5.16 Å². The molecule has 122 valence electrons. The number of nitrogens with zero attached hydrogens (tertiary/aromatic N) is 4. The zero-order valence-corrected chi connectivity index (χ0v) is 13.6. The van der Waals surface area contributed by atoms with Gasteiger partial charge in [-0.25, -0.2) is 0 Å². The molecule has 0 fully saturated rings. The molecule has 3 aromatic rings. The fourth-order valence-electron chi connectivity index (χ4n) is 2.72. The zero-order valence-electron chi connectivity index (χ0n) is 12.8. The second kappa shape index (κ2) is 5.34. The monoisotopic (exact) mass is 345 g/mol. The number of aromatic nitrogens is 3. The Morgan fingerprint density at radius 2 is 2.21 bits per heavy atom. The van der Waals surface area contributed by atoms with Crippen LogP contribution in [0.3, 0.4) is 0 Å². The Balaban J connectivity index is 1.95. The van der Waals surface area contributed by atoms with E-state index in [0.29, 0.717) is 28.3 Å². The van der Waals surface area contributed by atoms with Gasteiger partial charge >= 0.3 is 0 Å². The molecule has 1 aliphatic heterocycles. The van der Waals surface area contributed by atoms with Crippen LogP contribution in [0.25, 0.3) is 11.1 Å². The van der Waals surface area contributed by atoms with E-state index < -0.39 is 0 Å². The van der Waals surface area contributed by atoms with Gasteiger partial charge in [0.05, 0.1) is 24.2 Å². The van der Waals surface area contributed by atoms with Crippen LogP contribution in [-0.4, -0.2) is 34.7 Å². The van der Waals surface area contributed by atoms with Gasteiger partial charge < -0.3 is 19.5 Å². The smallest absolute Gasteiger partial charge is 0.264 e. The summed E-state index contributed by atoms with van der Waals surface area (Å²) in [5.41, 5.74) is 2.30. The number of anilines is 3. The number of fused-ring (bicyclic) bond motifs is 2. The highest BCUT2D eigenvalue weighted by Gasteiger charge is 2.28. The van der Waals surface area contributed by atoms with Crippen LogP contribution in [0.4, 0.5) is 17.2 Å². The Bertz CT molecular complexity index is 971. The normalized spacial score (nSPS) is 13.8. The van der Waals surface area contributed by atoms with Gasteiger partial charge in [0, 0.05) is 6.07 Å². The summed E-state index contributed by atoms with van der Waals surface area (Å²) in [7, 11) is 1.57. The quantitative estimate of drug-likeness (QED) is 0.713. The zero-order chi connectivity index (χ0) is 16.8. The van der Waals surface area contributed by atoms with Crippen molar-refractivity contribution in [3.05, 3.63) is 29.2 Å². The number of hydrogen-bond acceptors (Lipinski definition) is 7. The van der Waals surface area contributed by atoms with Crippen LogP contribution < -0.4 is 15.0 Å². The minimum atomic E-state index is -0.173. The van der Waals surface area contributed by atoms with Crippen molar-refractivity contribution in [1.29, 1.82) is 0 Å². The molecule has 0 saturated heterocycles. The van der Waals surface area contributed by atoms with Crippen molar-refractivity contribution in [2.45, 2.75) is 6.92 Å². The van der Waals surface area contributed by atoms with Crippen molar-refractivity contribution in [1.82, 2.24) is 15.1 Å². The molecular weight excluding hydrogens is 334 g/mol. The fourth-order valence-corrected chi connectivity index (χ4v) is 2.88. The Labute approximate surface area is 141 Å². The number of aryl methyl sites for hydroxylation is 1. The molecule has 2 aromatic heterocycles. The average Bonchev–Trinajstić information content (AvgIpc) is 2.93. The number of hydrogen-bond donors (Lipinski definition) is 1. The molecule has 9 heteroatoms. The molecule has 1 N–H and O–H groups in total. The lowest BCUT2D eigenvalue weighted by atomic mass is 10.1. The Morgan fingerprint density at radius 3 is 3.00 bits per heavy atom. The predicted octanol–water partition coefficient (Wildman–Crippen LogP) is 2.68. The minimum Gasteiger partial charge on any atom is -0.497 e. The lowest BCUT2D eigenvalue weighted by Crippen LogP contribution is -2.35. The summed E-state index contributed by atoms with van der Waals surface area (Å²) in [6.07, 6.45) is 0. The minimum absolute atomic E-state index is 0.0229. The number of benzene rings is 1. The van der Waals surface area contributed by atoms with Gasteiger partial charge in [-0.05, 0) is 30.7 Å². The van der Waals surface area contributed by atoms with E-state index in [1.807, 2.05) is 12.1 Å². The van der Waals surface area contributed by atoms with Gasteiger partial charge in [-0.3, -0.25) is 4.79 Å². The first-order valence-corrected chi connectivity index (χ1v) is 7.49. The van der Waals surface area contributed by atoms with E-state index in [4.69, 9.17) is 20.9 Å². The van der Waals surface area contributed by atoms with E-state index in [0.717, 1.165) is 5.69 Å². The third-order valence-corrected chi connectivity index (χ3v) is 3.96. The van der Waals surface area contributed by atoms with Crippen molar-refractivity contribution in [2.24, 2.45) is 0 Å². The number of halogens is 1. The molecule has 1 amide bonds. The molecule has 1 aliphatic rings. The van der Waals surface area contributed by atoms with Crippen LogP contribution in [-0.2, 0) is 4.79 Å². The van der Waals surface area contributed by atoms with Gasteiger partial charge in [0.2, 0.25) is 11.2 Å². The highest BCUT2D eigenvalue weighted by atomic mass is 35.5. The van der Waals surface area contributed by atoms with Gasteiger partial charge in [-0.15, -0.1) is 0 Å². The van der Waals surface area contributed by atoms with Crippen LogP contribution >= 0.6 is 11.6 Å². The topological polar surface area (TPSA) is 93.4 Å². The summed E-state index contributed by atoms with van der Waals surface area (Å²) in [4.78, 5) is 22.2. The van der Waals surface area contributed by atoms with E-state index >= 15 is 0 Å². The maximum Gasteiger partial charge on any atom is 0.264 e. The standard InChI is InChI=1S/C15H12ClN5O3/c1-7-12-13(18-15(16)19-14(12)24-20-7)21-6-11(22)17-9-5-8(23-2)3-4-10(9)21/h3-5H,6H2,1-2H3,(H,17,22). The number of carbonyl (C=O) groups is 1. The SMILES string of the molecule is COc1ccc2c(c1)NC(=O)CN2c1nc(Cl)nc2onc(C)c12. The van der Waals surface area contributed by atoms with Gasteiger partial charge in [0.15, 0.2) is 5.82 Å².